The Balaban J connectivity index is 1.96. The number of fused-ring (bicyclic) bond motifs is 1. The monoisotopic (exact) mass is 466 g/mol. The molecule has 9 nitrogen and oxygen atoms in total. The van der Waals surface area contributed by atoms with Gasteiger partial charge in [0.05, 0.1) is 19.2 Å². The van der Waals surface area contributed by atoms with E-state index in [1.807, 2.05) is 13.0 Å². The van der Waals surface area contributed by atoms with Crippen molar-refractivity contribution in [3.8, 4) is 17.7 Å². The van der Waals surface area contributed by atoms with Crippen molar-refractivity contribution in [2.75, 3.05) is 40.5 Å². The fourth-order valence-electron chi connectivity index (χ4n) is 3.58. The van der Waals surface area contributed by atoms with Crippen LogP contribution in [-0.2, 0) is 9.53 Å². The summed E-state index contributed by atoms with van der Waals surface area (Å²) in [7, 11) is 3.15. The van der Waals surface area contributed by atoms with E-state index in [1.165, 1.54) is 7.11 Å². The molecule has 0 saturated heterocycles. The number of methoxy groups -OCH3 is 1. The number of carbonyl (C=O) groups is 2. The average Bonchev–Trinajstić information content (AvgIpc) is 2.85. The molecule has 0 aliphatic carbocycles. The zero-order valence-corrected chi connectivity index (χ0v) is 19.9. The Hall–Kier alpha value is -3.48. The molecule has 2 amide bonds. The molecule has 1 aliphatic rings. The molecule has 9 heteroatoms. The van der Waals surface area contributed by atoms with Gasteiger partial charge >= 0.3 is 0 Å². The molecular formula is C25H30N4O5. The first-order chi connectivity index (χ1) is 16.3. The number of aliphatic hydroxyl groups is 1. The minimum absolute atomic E-state index is 0.0302. The van der Waals surface area contributed by atoms with E-state index in [2.05, 4.69) is 21.8 Å². The Bertz CT molecular complexity index is 1070. The topological polar surface area (TPSA) is 105 Å². The molecule has 0 spiro atoms. The molecule has 3 rings (SSSR count). The van der Waals surface area contributed by atoms with E-state index in [-0.39, 0.29) is 42.4 Å². The van der Waals surface area contributed by atoms with Crippen molar-refractivity contribution >= 4 is 11.8 Å². The molecule has 2 aromatic rings. The number of aliphatic hydroxyl groups excluding tert-OH is 1. The standard InChI is InChI=1S/C25H30N4O5/c1-17-13-29(18(2)15-30)25(32)21-10-20(8-7-19-6-5-9-26-11-19)12-27-24(21)34-22(17)14-28(3)23(31)16-33-4/h5-6,9-12,17-18,22,30H,13-16H2,1-4H3/t17-,18+,22+/m0/s1. The number of aromatic nitrogens is 2. The van der Waals surface area contributed by atoms with Crippen LogP contribution in [0.25, 0.3) is 0 Å². The lowest BCUT2D eigenvalue weighted by Crippen LogP contribution is -2.50. The summed E-state index contributed by atoms with van der Waals surface area (Å²) in [5.41, 5.74) is 1.56. The largest absolute Gasteiger partial charge is 0.472 e. The Morgan fingerprint density at radius 3 is 2.82 bits per heavy atom. The molecule has 0 bridgehead atoms. The second kappa shape index (κ2) is 11.6. The molecule has 1 aliphatic heterocycles. The van der Waals surface area contributed by atoms with Crippen LogP contribution in [0.1, 0.15) is 35.3 Å². The Kier molecular flexibility index (Phi) is 8.57. The van der Waals surface area contributed by atoms with Crippen LogP contribution in [0.5, 0.6) is 5.88 Å². The van der Waals surface area contributed by atoms with Gasteiger partial charge < -0.3 is 24.4 Å². The van der Waals surface area contributed by atoms with Crippen molar-refractivity contribution < 1.29 is 24.2 Å². The van der Waals surface area contributed by atoms with E-state index in [9.17, 15) is 14.7 Å². The van der Waals surface area contributed by atoms with Crippen molar-refractivity contribution in [3.63, 3.8) is 0 Å². The van der Waals surface area contributed by atoms with Gasteiger partial charge in [-0.1, -0.05) is 18.8 Å². The van der Waals surface area contributed by atoms with Crippen molar-refractivity contribution in [1.82, 2.24) is 19.8 Å². The normalized spacial score (nSPS) is 18.5. The van der Waals surface area contributed by atoms with E-state index in [4.69, 9.17) is 9.47 Å². The first kappa shape index (κ1) is 25.1. The van der Waals surface area contributed by atoms with Crippen molar-refractivity contribution in [2.45, 2.75) is 26.0 Å². The summed E-state index contributed by atoms with van der Waals surface area (Å²) < 4.78 is 11.1. The van der Waals surface area contributed by atoms with Crippen molar-refractivity contribution in [2.24, 2.45) is 5.92 Å². The summed E-state index contributed by atoms with van der Waals surface area (Å²) in [6.07, 6.45) is 4.45. The summed E-state index contributed by atoms with van der Waals surface area (Å²) in [6.45, 7) is 4.17. The van der Waals surface area contributed by atoms with E-state index < -0.39 is 12.1 Å². The number of nitrogens with zero attached hydrogens (tertiary/aromatic N) is 4. The predicted molar refractivity (Wildman–Crippen MR) is 125 cm³/mol. The number of carbonyl (C=O) groups excluding carboxylic acids is 2. The van der Waals surface area contributed by atoms with E-state index >= 15 is 0 Å². The van der Waals surface area contributed by atoms with Gasteiger partial charge in [0, 0.05) is 56.3 Å². The van der Waals surface area contributed by atoms with Gasteiger partial charge in [0.2, 0.25) is 11.8 Å². The van der Waals surface area contributed by atoms with Crippen LogP contribution in [0, 0.1) is 17.8 Å². The van der Waals surface area contributed by atoms with Crippen LogP contribution in [0.4, 0.5) is 0 Å². The number of hydrogen-bond donors (Lipinski definition) is 1. The SMILES string of the molecule is COCC(=O)N(C)C[C@H]1Oc2ncc(C#Cc3cccnc3)cc2C(=O)N([C@H](C)CO)C[C@@H]1C. The third-order valence-corrected chi connectivity index (χ3v) is 5.68. The smallest absolute Gasteiger partial charge is 0.259 e. The van der Waals surface area contributed by atoms with Crippen LogP contribution in [0.2, 0.25) is 0 Å². The van der Waals surface area contributed by atoms with Crippen LogP contribution in [-0.4, -0.2) is 89.3 Å². The van der Waals surface area contributed by atoms with Gasteiger partial charge in [-0.2, -0.15) is 0 Å². The number of rotatable bonds is 6. The second-order valence-electron chi connectivity index (χ2n) is 8.40. The first-order valence-corrected chi connectivity index (χ1v) is 11.1. The van der Waals surface area contributed by atoms with Gasteiger partial charge in [0.15, 0.2) is 0 Å². The summed E-state index contributed by atoms with van der Waals surface area (Å²) >= 11 is 0. The maximum absolute atomic E-state index is 13.4. The molecule has 180 valence electrons. The van der Waals surface area contributed by atoms with Crippen LogP contribution in [0.15, 0.2) is 36.8 Å². The van der Waals surface area contributed by atoms with Gasteiger partial charge in [0.25, 0.3) is 5.91 Å². The highest BCUT2D eigenvalue weighted by Gasteiger charge is 2.34. The van der Waals surface area contributed by atoms with Gasteiger partial charge in [-0.05, 0) is 25.1 Å². The molecule has 0 saturated carbocycles. The molecule has 1 N–H and O–H groups in total. The Morgan fingerprint density at radius 1 is 1.38 bits per heavy atom. The highest BCUT2D eigenvalue weighted by molar-refractivity contribution is 5.97. The summed E-state index contributed by atoms with van der Waals surface area (Å²) in [6, 6.07) is 4.88. The summed E-state index contributed by atoms with van der Waals surface area (Å²) in [5.74, 6) is 5.60. The van der Waals surface area contributed by atoms with Crippen molar-refractivity contribution in [3.05, 3.63) is 53.5 Å². The minimum atomic E-state index is -0.425. The van der Waals surface area contributed by atoms with Crippen LogP contribution < -0.4 is 4.74 Å². The lowest BCUT2D eigenvalue weighted by molar-refractivity contribution is -0.135. The quantitative estimate of drug-likeness (QED) is 0.638. The van der Waals surface area contributed by atoms with Crippen LogP contribution >= 0.6 is 0 Å². The lowest BCUT2D eigenvalue weighted by atomic mass is 10.00. The number of amides is 2. The molecule has 0 radical (unpaired) electrons. The van der Waals surface area contributed by atoms with Gasteiger partial charge in [-0.3, -0.25) is 14.6 Å². The summed E-state index contributed by atoms with van der Waals surface area (Å²) in [5, 5.41) is 9.77. The van der Waals surface area contributed by atoms with E-state index in [1.54, 1.807) is 54.5 Å². The third-order valence-electron chi connectivity index (χ3n) is 5.68. The fourth-order valence-corrected chi connectivity index (χ4v) is 3.58. The Labute approximate surface area is 199 Å². The molecule has 34 heavy (non-hydrogen) atoms. The number of likely N-dealkylation sites (N-methyl/N-ethyl adjacent to an activating group) is 1. The highest BCUT2D eigenvalue weighted by atomic mass is 16.5. The summed E-state index contributed by atoms with van der Waals surface area (Å²) in [4.78, 5) is 37.3. The zero-order valence-electron chi connectivity index (χ0n) is 19.9. The minimum Gasteiger partial charge on any atom is -0.472 e. The maximum Gasteiger partial charge on any atom is 0.259 e. The molecule has 0 aromatic carbocycles. The number of pyridine rings is 2. The molecule has 3 heterocycles. The molecule has 2 aromatic heterocycles. The van der Waals surface area contributed by atoms with Crippen molar-refractivity contribution in [1.29, 1.82) is 0 Å². The van der Waals surface area contributed by atoms with Gasteiger partial charge in [-0.25, -0.2) is 4.98 Å². The Morgan fingerprint density at radius 2 is 2.15 bits per heavy atom. The molecule has 0 unspecified atom stereocenters. The predicted octanol–water partition coefficient (Wildman–Crippen LogP) is 1.20. The van der Waals surface area contributed by atoms with Gasteiger partial charge in [0.1, 0.15) is 18.3 Å². The molecular weight excluding hydrogens is 436 g/mol. The van der Waals surface area contributed by atoms with Gasteiger partial charge in [-0.15, -0.1) is 0 Å². The van der Waals surface area contributed by atoms with E-state index in [0.717, 1.165) is 5.56 Å². The highest BCUT2D eigenvalue weighted by Crippen LogP contribution is 2.27. The second-order valence-corrected chi connectivity index (χ2v) is 8.40. The lowest BCUT2D eigenvalue weighted by Gasteiger charge is -2.37. The van der Waals surface area contributed by atoms with Crippen LogP contribution in [0.3, 0.4) is 0 Å². The first-order valence-electron chi connectivity index (χ1n) is 11.1. The number of hydrogen-bond acceptors (Lipinski definition) is 7. The zero-order chi connectivity index (χ0) is 24.7. The third kappa shape index (κ3) is 6.10. The average molecular weight is 467 g/mol. The van der Waals surface area contributed by atoms with E-state index in [0.29, 0.717) is 18.7 Å². The number of ether oxygens (including phenoxy) is 2. The fraction of sp³-hybridized carbons (Fsp3) is 0.440. The maximum atomic E-state index is 13.4. The molecule has 3 atom stereocenters. The molecule has 0 fully saturated rings.